The number of unbranched alkanes of at least 4 members (excludes halogenated alkanes) is 3. The van der Waals surface area contributed by atoms with E-state index < -0.39 is 5.60 Å². The van der Waals surface area contributed by atoms with E-state index in [0.29, 0.717) is 0 Å². The summed E-state index contributed by atoms with van der Waals surface area (Å²) in [6.07, 6.45) is 7.55. The van der Waals surface area contributed by atoms with Gasteiger partial charge in [0.05, 0.1) is 5.60 Å². The molecule has 0 aromatic carbocycles. The van der Waals surface area contributed by atoms with E-state index in [1.165, 1.54) is 32.1 Å². The number of rotatable bonds is 10. The van der Waals surface area contributed by atoms with Crippen molar-refractivity contribution in [3.05, 3.63) is 0 Å². The molecular weight excluding hydrogens is 198 g/mol. The molecule has 0 heterocycles. The average Bonchev–Trinajstić information content (AvgIpc) is 2.13. The zero-order valence-corrected chi connectivity index (χ0v) is 11.7. The van der Waals surface area contributed by atoms with Crippen molar-refractivity contribution >= 4 is 0 Å². The monoisotopic (exact) mass is 229 g/mol. The number of hydrogen-bond donors (Lipinski definition) is 2. The molecule has 0 aliphatic heterocycles. The van der Waals surface area contributed by atoms with E-state index in [0.717, 1.165) is 25.4 Å². The van der Waals surface area contributed by atoms with Gasteiger partial charge >= 0.3 is 0 Å². The fourth-order valence-corrected chi connectivity index (χ4v) is 1.68. The Morgan fingerprint density at radius 1 is 1.00 bits per heavy atom. The molecular formula is C14H31NO. The van der Waals surface area contributed by atoms with Crippen molar-refractivity contribution in [1.29, 1.82) is 0 Å². The Balaban J connectivity index is 3.05. The second-order valence-corrected chi connectivity index (χ2v) is 5.91. The van der Waals surface area contributed by atoms with Gasteiger partial charge in [-0.15, -0.1) is 0 Å². The molecule has 0 saturated carbocycles. The topological polar surface area (TPSA) is 32.3 Å². The number of nitrogens with one attached hydrogen (secondary N) is 1. The summed E-state index contributed by atoms with van der Waals surface area (Å²) in [7, 11) is 0. The van der Waals surface area contributed by atoms with Crippen LogP contribution in [-0.2, 0) is 0 Å². The quantitative estimate of drug-likeness (QED) is 0.563. The summed E-state index contributed by atoms with van der Waals surface area (Å²) in [5.74, 6) is 0.852. The molecule has 0 spiro atoms. The average molecular weight is 229 g/mol. The second-order valence-electron chi connectivity index (χ2n) is 5.91. The van der Waals surface area contributed by atoms with Crippen LogP contribution in [0.5, 0.6) is 0 Å². The zero-order chi connectivity index (χ0) is 12.4. The molecule has 0 aliphatic carbocycles. The Bertz CT molecular complexity index is 149. The number of aliphatic hydroxyl groups is 1. The lowest BCUT2D eigenvalue weighted by Gasteiger charge is -2.16. The Morgan fingerprint density at radius 2 is 1.62 bits per heavy atom. The van der Waals surface area contributed by atoms with Crippen LogP contribution in [0.4, 0.5) is 0 Å². The molecule has 0 unspecified atom stereocenters. The van der Waals surface area contributed by atoms with Crippen LogP contribution in [0.25, 0.3) is 0 Å². The first kappa shape index (κ1) is 15.9. The minimum absolute atomic E-state index is 0.524. The smallest absolute Gasteiger partial charge is 0.0603 e. The molecule has 0 fully saturated rings. The van der Waals surface area contributed by atoms with Crippen molar-refractivity contribution < 1.29 is 5.11 Å². The van der Waals surface area contributed by atoms with Gasteiger partial charge in [-0.1, -0.05) is 39.5 Å². The lowest BCUT2D eigenvalue weighted by Crippen LogP contribution is -2.27. The van der Waals surface area contributed by atoms with Crippen molar-refractivity contribution in [2.24, 2.45) is 5.92 Å². The lowest BCUT2D eigenvalue weighted by atomic mass is 10.0. The van der Waals surface area contributed by atoms with Crippen molar-refractivity contribution in [3.8, 4) is 0 Å². The molecule has 2 N–H and O–H groups in total. The summed E-state index contributed by atoms with van der Waals surface area (Å²) in [6.45, 7) is 10.3. The van der Waals surface area contributed by atoms with Crippen LogP contribution < -0.4 is 5.32 Å². The summed E-state index contributed by atoms with van der Waals surface area (Å²) in [5.41, 5.74) is -0.524. The van der Waals surface area contributed by atoms with Crippen LogP contribution >= 0.6 is 0 Å². The van der Waals surface area contributed by atoms with Gasteiger partial charge in [0.2, 0.25) is 0 Å². The van der Waals surface area contributed by atoms with Gasteiger partial charge in [0.25, 0.3) is 0 Å². The molecule has 98 valence electrons. The number of hydrogen-bond acceptors (Lipinski definition) is 2. The summed E-state index contributed by atoms with van der Waals surface area (Å²) in [5, 5.41) is 12.9. The maximum atomic E-state index is 9.50. The maximum absolute atomic E-state index is 9.50. The maximum Gasteiger partial charge on any atom is 0.0603 e. The predicted octanol–water partition coefficient (Wildman–Crippen LogP) is 3.34. The zero-order valence-electron chi connectivity index (χ0n) is 11.7. The standard InChI is InChI=1S/C14H31NO/c1-13(2)9-7-5-6-8-11-15-12-10-14(3,4)16/h13,15-16H,5-12H2,1-4H3. The van der Waals surface area contributed by atoms with Crippen molar-refractivity contribution in [1.82, 2.24) is 5.32 Å². The van der Waals surface area contributed by atoms with Crippen LogP contribution in [-0.4, -0.2) is 23.8 Å². The molecule has 2 heteroatoms. The van der Waals surface area contributed by atoms with Gasteiger partial charge in [-0.05, 0) is 45.7 Å². The van der Waals surface area contributed by atoms with E-state index in [1.807, 2.05) is 13.8 Å². The van der Waals surface area contributed by atoms with Gasteiger partial charge in [0.15, 0.2) is 0 Å². The molecule has 16 heavy (non-hydrogen) atoms. The molecule has 0 saturated heterocycles. The molecule has 0 aromatic heterocycles. The fraction of sp³-hybridized carbons (Fsp3) is 1.00. The van der Waals surface area contributed by atoms with Crippen molar-refractivity contribution in [3.63, 3.8) is 0 Å². The van der Waals surface area contributed by atoms with Crippen LogP contribution in [0.2, 0.25) is 0 Å². The third kappa shape index (κ3) is 13.9. The SMILES string of the molecule is CC(C)CCCCCCNCCC(C)(C)O. The predicted molar refractivity (Wildman–Crippen MR) is 71.7 cm³/mol. The van der Waals surface area contributed by atoms with Crippen LogP contribution in [0, 0.1) is 5.92 Å². The van der Waals surface area contributed by atoms with Crippen molar-refractivity contribution in [2.45, 2.75) is 71.8 Å². The highest BCUT2D eigenvalue weighted by molar-refractivity contribution is 4.66. The fourth-order valence-electron chi connectivity index (χ4n) is 1.68. The first-order valence-corrected chi connectivity index (χ1v) is 6.85. The Kier molecular flexibility index (Phi) is 8.96. The third-order valence-electron chi connectivity index (χ3n) is 2.80. The Labute approximate surface area is 102 Å². The molecule has 0 bridgehead atoms. The normalized spacial score (nSPS) is 12.4. The first-order chi connectivity index (χ1) is 7.42. The summed E-state index contributed by atoms with van der Waals surface area (Å²) < 4.78 is 0. The van der Waals surface area contributed by atoms with E-state index in [9.17, 15) is 5.11 Å². The minimum atomic E-state index is -0.524. The highest BCUT2D eigenvalue weighted by atomic mass is 16.3. The summed E-state index contributed by atoms with van der Waals surface area (Å²) in [4.78, 5) is 0. The molecule has 0 radical (unpaired) electrons. The van der Waals surface area contributed by atoms with E-state index in [1.54, 1.807) is 0 Å². The van der Waals surface area contributed by atoms with E-state index >= 15 is 0 Å². The van der Waals surface area contributed by atoms with Crippen LogP contribution in [0.15, 0.2) is 0 Å². The van der Waals surface area contributed by atoms with Gasteiger partial charge in [-0.2, -0.15) is 0 Å². The van der Waals surface area contributed by atoms with E-state index in [-0.39, 0.29) is 0 Å². The highest BCUT2D eigenvalue weighted by Crippen LogP contribution is 2.09. The largest absolute Gasteiger partial charge is 0.390 e. The Morgan fingerprint density at radius 3 is 2.19 bits per heavy atom. The molecule has 2 nitrogen and oxygen atoms in total. The van der Waals surface area contributed by atoms with Crippen molar-refractivity contribution in [2.75, 3.05) is 13.1 Å². The van der Waals surface area contributed by atoms with Gasteiger partial charge in [-0.3, -0.25) is 0 Å². The molecule has 0 atom stereocenters. The Hall–Kier alpha value is -0.0800. The molecule has 0 rings (SSSR count). The minimum Gasteiger partial charge on any atom is -0.390 e. The lowest BCUT2D eigenvalue weighted by molar-refractivity contribution is 0.0712. The van der Waals surface area contributed by atoms with Crippen LogP contribution in [0.3, 0.4) is 0 Å². The van der Waals surface area contributed by atoms with E-state index in [2.05, 4.69) is 19.2 Å². The highest BCUT2D eigenvalue weighted by Gasteiger charge is 2.10. The second kappa shape index (κ2) is 9.00. The van der Waals surface area contributed by atoms with Gasteiger partial charge < -0.3 is 10.4 Å². The van der Waals surface area contributed by atoms with Crippen LogP contribution in [0.1, 0.15) is 66.2 Å². The van der Waals surface area contributed by atoms with Gasteiger partial charge in [0.1, 0.15) is 0 Å². The summed E-state index contributed by atoms with van der Waals surface area (Å²) in [6, 6.07) is 0. The third-order valence-corrected chi connectivity index (χ3v) is 2.80. The first-order valence-electron chi connectivity index (χ1n) is 6.85. The molecule has 0 aromatic rings. The van der Waals surface area contributed by atoms with E-state index in [4.69, 9.17) is 0 Å². The van der Waals surface area contributed by atoms with Gasteiger partial charge in [0, 0.05) is 0 Å². The molecule has 0 amide bonds. The van der Waals surface area contributed by atoms with Gasteiger partial charge in [-0.25, -0.2) is 0 Å². The molecule has 0 aliphatic rings. The summed E-state index contributed by atoms with van der Waals surface area (Å²) >= 11 is 0.